The third-order valence-electron chi connectivity index (χ3n) is 8.80. The molecule has 2 amide bonds. The van der Waals surface area contributed by atoms with E-state index in [4.69, 9.17) is 22.6 Å². The van der Waals surface area contributed by atoms with Crippen molar-refractivity contribution in [1.82, 2.24) is 25.1 Å². The molecule has 0 bridgehead atoms. The van der Waals surface area contributed by atoms with Gasteiger partial charge in [0, 0.05) is 41.8 Å². The molecule has 0 spiro atoms. The quantitative estimate of drug-likeness (QED) is 0.235. The lowest BCUT2D eigenvalue weighted by Crippen LogP contribution is -2.51. The minimum atomic E-state index is -0.312. The van der Waals surface area contributed by atoms with Crippen LogP contribution >= 0.6 is 24.0 Å². The molecule has 2 fully saturated rings. The number of hydrogen-bond donors (Lipinski definition) is 2. The van der Waals surface area contributed by atoms with Crippen LogP contribution in [-0.2, 0) is 22.7 Å². The van der Waals surface area contributed by atoms with Gasteiger partial charge in [-0.25, -0.2) is 9.97 Å². The van der Waals surface area contributed by atoms with E-state index in [1.807, 2.05) is 6.92 Å². The number of thiol groups is 1. The zero-order chi connectivity index (χ0) is 28.1. The van der Waals surface area contributed by atoms with Crippen LogP contribution < -0.4 is 5.32 Å². The molecule has 210 valence electrons. The molecule has 0 radical (unpaired) electrons. The van der Waals surface area contributed by atoms with Gasteiger partial charge in [-0.05, 0) is 61.5 Å². The highest BCUT2D eigenvalue weighted by molar-refractivity contribution is 7.80. The Bertz CT molecular complexity index is 1630. The van der Waals surface area contributed by atoms with Crippen molar-refractivity contribution < 1.29 is 9.59 Å². The van der Waals surface area contributed by atoms with E-state index in [0.29, 0.717) is 25.3 Å². The molecular weight excluding hydrogens is 551 g/mol. The van der Waals surface area contributed by atoms with Crippen LogP contribution in [-0.4, -0.2) is 50.7 Å². The molecule has 5 heterocycles. The number of hydrogen-bond acceptors (Lipinski definition) is 8. The Balaban J connectivity index is 1.04. The molecule has 0 aliphatic carbocycles. The van der Waals surface area contributed by atoms with E-state index in [9.17, 15) is 9.59 Å². The van der Waals surface area contributed by atoms with Crippen molar-refractivity contribution in [2.45, 2.75) is 63.0 Å². The predicted octanol–water partition coefficient (Wildman–Crippen LogP) is 5.60. The summed E-state index contributed by atoms with van der Waals surface area (Å²) in [6.45, 7) is 5.63. The number of benzene rings is 2. The highest BCUT2D eigenvalue weighted by atomic mass is 32.1. The van der Waals surface area contributed by atoms with Crippen LogP contribution in [0.3, 0.4) is 0 Å². The SMILES string of the molecule is Cc1nc(C2CCN(Cc3ccc4c(c3)CN(C3CCC(=O)NC3=O)C4S)CC2)c2c(-c3ccccc3)csc2n1. The van der Waals surface area contributed by atoms with E-state index in [-0.39, 0.29) is 23.2 Å². The van der Waals surface area contributed by atoms with E-state index in [2.05, 4.69) is 69.0 Å². The van der Waals surface area contributed by atoms with Crippen LogP contribution in [0, 0.1) is 6.92 Å². The highest BCUT2D eigenvalue weighted by Crippen LogP contribution is 2.41. The maximum atomic E-state index is 12.5. The Labute approximate surface area is 249 Å². The van der Waals surface area contributed by atoms with Gasteiger partial charge in [0.2, 0.25) is 11.8 Å². The number of likely N-dealkylation sites (tertiary alicyclic amines) is 1. The standard InChI is InChI=1S/C32H33N5O2S2/c1-19-33-29(28-25(18-41-31(28)34-19)21-5-3-2-4-6-21)22-11-13-36(14-12-22)16-20-7-8-24-23(15-20)17-37(32(24)40)26-9-10-27(38)35-30(26)39/h2-8,15,18,22,26,32,40H,9-14,16-17H2,1H3,(H,35,38,39). The van der Waals surface area contributed by atoms with E-state index < -0.39 is 0 Å². The lowest BCUT2D eigenvalue weighted by Gasteiger charge is -2.32. The first-order valence-corrected chi connectivity index (χ1v) is 15.8. The van der Waals surface area contributed by atoms with E-state index in [1.54, 1.807) is 11.3 Å². The van der Waals surface area contributed by atoms with E-state index in [0.717, 1.165) is 48.7 Å². The number of fused-ring (bicyclic) bond motifs is 2. The molecular formula is C32H33N5O2S2. The smallest absolute Gasteiger partial charge is 0.243 e. The third-order valence-corrected chi connectivity index (χ3v) is 10.2. The van der Waals surface area contributed by atoms with Crippen molar-refractivity contribution in [2.24, 2.45) is 0 Å². The zero-order valence-corrected chi connectivity index (χ0v) is 24.8. The van der Waals surface area contributed by atoms with Crippen molar-refractivity contribution in [3.63, 3.8) is 0 Å². The van der Waals surface area contributed by atoms with Gasteiger partial charge < -0.3 is 0 Å². The first-order chi connectivity index (χ1) is 19.9. The largest absolute Gasteiger partial charge is 0.299 e. The number of amides is 2. The molecule has 2 atom stereocenters. The van der Waals surface area contributed by atoms with Crippen LogP contribution in [0.5, 0.6) is 0 Å². The molecule has 3 aliphatic rings. The van der Waals surface area contributed by atoms with Crippen molar-refractivity contribution in [2.75, 3.05) is 13.1 Å². The van der Waals surface area contributed by atoms with Crippen molar-refractivity contribution >= 4 is 46.0 Å². The molecule has 2 unspecified atom stereocenters. The first kappa shape index (κ1) is 26.8. The van der Waals surface area contributed by atoms with Gasteiger partial charge in [-0.1, -0.05) is 48.5 Å². The number of rotatable bonds is 5. The number of carbonyl (C=O) groups excluding carboxylic acids is 2. The third kappa shape index (κ3) is 5.09. The Hall–Kier alpha value is -3.11. The Morgan fingerprint density at radius 1 is 1.05 bits per heavy atom. The van der Waals surface area contributed by atoms with E-state index >= 15 is 0 Å². The minimum Gasteiger partial charge on any atom is -0.299 e. The lowest BCUT2D eigenvalue weighted by atomic mass is 9.89. The van der Waals surface area contributed by atoms with Gasteiger partial charge in [0.05, 0.1) is 17.1 Å². The lowest BCUT2D eigenvalue weighted by molar-refractivity contribution is -0.137. The first-order valence-electron chi connectivity index (χ1n) is 14.4. The van der Waals surface area contributed by atoms with Gasteiger partial charge in [0.25, 0.3) is 0 Å². The zero-order valence-electron chi connectivity index (χ0n) is 23.0. The minimum absolute atomic E-state index is 0.134. The van der Waals surface area contributed by atoms with Crippen LogP contribution in [0.4, 0.5) is 0 Å². The van der Waals surface area contributed by atoms with Crippen molar-refractivity contribution in [3.05, 3.63) is 82.1 Å². The van der Waals surface area contributed by atoms with Gasteiger partial charge in [-0.15, -0.1) is 11.3 Å². The van der Waals surface area contributed by atoms with Crippen LogP contribution in [0.25, 0.3) is 21.3 Å². The average Bonchev–Trinajstić information content (AvgIpc) is 3.54. The fourth-order valence-corrected chi connectivity index (χ4v) is 8.21. The maximum Gasteiger partial charge on any atom is 0.243 e. The Kier molecular flexibility index (Phi) is 7.15. The molecule has 2 aromatic heterocycles. The van der Waals surface area contributed by atoms with Gasteiger partial charge in [-0.2, -0.15) is 12.6 Å². The maximum absolute atomic E-state index is 12.5. The summed E-state index contributed by atoms with van der Waals surface area (Å²) in [4.78, 5) is 39.6. The highest BCUT2D eigenvalue weighted by Gasteiger charge is 2.39. The molecule has 2 aromatic carbocycles. The number of piperidine rings is 2. The van der Waals surface area contributed by atoms with Gasteiger partial charge in [-0.3, -0.25) is 24.7 Å². The predicted molar refractivity (Wildman–Crippen MR) is 165 cm³/mol. The Morgan fingerprint density at radius 3 is 2.63 bits per heavy atom. The second-order valence-electron chi connectivity index (χ2n) is 11.4. The number of aromatic nitrogens is 2. The monoisotopic (exact) mass is 583 g/mol. The van der Waals surface area contributed by atoms with E-state index in [1.165, 1.54) is 33.3 Å². The summed E-state index contributed by atoms with van der Waals surface area (Å²) in [7, 11) is 0. The topological polar surface area (TPSA) is 78.4 Å². The van der Waals surface area contributed by atoms with Crippen LogP contribution in [0.2, 0.25) is 0 Å². The number of imide groups is 1. The van der Waals surface area contributed by atoms with Gasteiger partial charge in [0.15, 0.2) is 0 Å². The van der Waals surface area contributed by atoms with Crippen LogP contribution in [0.1, 0.15) is 65.2 Å². The second-order valence-corrected chi connectivity index (χ2v) is 12.8. The molecule has 41 heavy (non-hydrogen) atoms. The second kappa shape index (κ2) is 10.9. The number of aryl methyl sites for hydroxylation is 1. The Morgan fingerprint density at radius 2 is 1.85 bits per heavy atom. The molecule has 7 nitrogen and oxygen atoms in total. The molecule has 1 N–H and O–H groups in total. The molecule has 2 saturated heterocycles. The summed E-state index contributed by atoms with van der Waals surface area (Å²) in [5.74, 6) is 0.879. The molecule has 7 rings (SSSR count). The fraction of sp³-hybridized carbons (Fsp3) is 0.375. The number of carbonyl (C=O) groups is 2. The number of nitrogens with zero attached hydrogens (tertiary/aromatic N) is 4. The number of thiophene rings is 1. The summed E-state index contributed by atoms with van der Waals surface area (Å²) >= 11 is 6.56. The molecule has 3 aliphatic heterocycles. The van der Waals surface area contributed by atoms with Crippen molar-refractivity contribution in [1.29, 1.82) is 0 Å². The average molecular weight is 584 g/mol. The summed E-state index contributed by atoms with van der Waals surface area (Å²) in [6.07, 6.45) is 3.07. The molecule has 0 saturated carbocycles. The normalized spacial score (nSPS) is 22.3. The molecule has 9 heteroatoms. The van der Waals surface area contributed by atoms with Gasteiger partial charge in [0.1, 0.15) is 10.7 Å². The molecule has 4 aromatic rings. The summed E-state index contributed by atoms with van der Waals surface area (Å²) in [5, 5.41) is 5.82. The fourth-order valence-electron chi connectivity index (χ4n) is 6.72. The number of nitrogens with one attached hydrogen (secondary N) is 1. The summed E-state index contributed by atoms with van der Waals surface area (Å²) in [6, 6.07) is 16.9. The van der Waals surface area contributed by atoms with Crippen molar-refractivity contribution in [3.8, 4) is 11.1 Å². The van der Waals surface area contributed by atoms with Gasteiger partial charge >= 0.3 is 0 Å². The van der Waals surface area contributed by atoms with Crippen LogP contribution in [0.15, 0.2) is 53.9 Å². The summed E-state index contributed by atoms with van der Waals surface area (Å²) in [5.41, 5.74) is 7.35. The summed E-state index contributed by atoms with van der Waals surface area (Å²) < 4.78 is 0.